The predicted octanol–water partition coefficient (Wildman–Crippen LogP) is 4.41. The van der Waals surface area contributed by atoms with Crippen LogP contribution in [0.1, 0.15) is 33.3 Å². The summed E-state index contributed by atoms with van der Waals surface area (Å²) >= 11 is 0. The van der Waals surface area contributed by atoms with Gasteiger partial charge in [-0.3, -0.25) is 4.79 Å². The zero-order valence-corrected chi connectivity index (χ0v) is 19.6. The third-order valence-corrected chi connectivity index (χ3v) is 4.44. The van der Waals surface area contributed by atoms with Crippen molar-refractivity contribution < 1.29 is 19.1 Å². The average molecular weight is 465 g/mol. The Morgan fingerprint density at radius 1 is 1.03 bits per heavy atom. The number of ether oxygens (including phenoxy) is 2. The zero-order valence-electron chi connectivity index (χ0n) is 19.6. The summed E-state index contributed by atoms with van der Waals surface area (Å²) in [5.41, 5.74) is 1.67. The molecule has 0 fully saturated rings. The number of amides is 2. The van der Waals surface area contributed by atoms with Gasteiger partial charge in [0.05, 0.1) is 12.2 Å². The average Bonchev–Trinajstić information content (AvgIpc) is 2.74. The SMILES string of the molecule is CCNC(=O)Nc1cccc(Cn2nc(-c3cccc(OC(=O)OC(C)(C)C)c3)ccc2=O)c1. The first-order valence-corrected chi connectivity index (χ1v) is 10.9. The first-order chi connectivity index (χ1) is 16.1. The Labute approximate surface area is 197 Å². The molecule has 2 amide bonds. The van der Waals surface area contributed by atoms with Gasteiger partial charge in [0, 0.05) is 23.9 Å². The van der Waals surface area contributed by atoms with E-state index in [1.165, 1.54) is 10.7 Å². The van der Waals surface area contributed by atoms with Crippen molar-refractivity contribution in [3.05, 3.63) is 76.6 Å². The van der Waals surface area contributed by atoms with E-state index < -0.39 is 11.8 Å². The molecule has 0 saturated heterocycles. The summed E-state index contributed by atoms with van der Waals surface area (Å²) in [6.07, 6.45) is -0.802. The topological polar surface area (TPSA) is 112 Å². The molecule has 9 heteroatoms. The monoisotopic (exact) mass is 464 g/mol. The van der Waals surface area contributed by atoms with Crippen LogP contribution in [0.25, 0.3) is 11.3 Å². The number of anilines is 1. The van der Waals surface area contributed by atoms with Crippen LogP contribution in [-0.2, 0) is 11.3 Å². The molecule has 34 heavy (non-hydrogen) atoms. The number of aromatic nitrogens is 2. The number of rotatable bonds is 6. The maximum absolute atomic E-state index is 12.4. The van der Waals surface area contributed by atoms with Gasteiger partial charge in [-0.25, -0.2) is 14.3 Å². The third kappa shape index (κ3) is 7.19. The van der Waals surface area contributed by atoms with Crippen molar-refractivity contribution in [1.29, 1.82) is 0 Å². The Bertz CT molecular complexity index is 1230. The predicted molar refractivity (Wildman–Crippen MR) is 129 cm³/mol. The normalized spacial score (nSPS) is 10.9. The molecular formula is C25H28N4O5. The van der Waals surface area contributed by atoms with Gasteiger partial charge in [-0.05, 0) is 63.6 Å². The number of carbonyl (C=O) groups is 2. The number of hydrogen-bond donors (Lipinski definition) is 2. The van der Waals surface area contributed by atoms with Crippen molar-refractivity contribution in [2.24, 2.45) is 0 Å². The lowest BCUT2D eigenvalue weighted by Gasteiger charge is -2.18. The van der Waals surface area contributed by atoms with E-state index in [2.05, 4.69) is 15.7 Å². The summed E-state index contributed by atoms with van der Waals surface area (Å²) in [5.74, 6) is 0.301. The highest BCUT2D eigenvalue weighted by Gasteiger charge is 2.18. The molecule has 9 nitrogen and oxygen atoms in total. The van der Waals surface area contributed by atoms with Gasteiger partial charge in [-0.1, -0.05) is 24.3 Å². The fourth-order valence-corrected chi connectivity index (χ4v) is 3.06. The Morgan fingerprint density at radius 3 is 2.53 bits per heavy atom. The fourth-order valence-electron chi connectivity index (χ4n) is 3.06. The van der Waals surface area contributed by atoms with Crippen LogP contribution in [-0.4, -0.2) is 34.1 Å². The van der Waals surface area contributed by atoms with Crippen LogP contribution in [0.15, 0.2) is 65.5 Å². The van der Waals surface area contributed by atoms with Gasteiger partial charge in [0.25, 0.3) is 5.56 Å². The van der Waals surface area contributed by atoms with E-state index in [0.717, 1.165) is 5.56 Å². The molecule has 1 aromatic heterocycles. The Morgan fingerprint density at radius 2 is 1.79 bits per heavy atom. The molecule has 0 unspecified atom stereocenters. The van der Waals surface area contributed by atoms with Crippen LogP contribution in [0.4, 0.5) is 15.3 Å². The number of urea groups is 1. The minimum atomic E-state index is -0.802. The number of benzene rings is 2. The van der Waals surface area contributed by atoms with Crippen LogP contribution in [0.5, 0.6) is 5.75 Å². The van der Waals surface area contributed by atoms with Gasteiger partial charge in [0.2, 0.25) is 0 Å². The summed E-state index contributed by atoms with van der Waals surface area (Å²) in [4.78, 5) is 36.2. The minimum absolute atomic E-state index is 0.214. The zero-order chi connectivity index (χ0) is 24.7. The second-order valence-corrected chi connectivity index (χ2v) is 8.49. The van der Waals surface area contributed by atoms with E-state index in [0.29, 0.717) is 29.2 Å². The van der Waals surface area contributed by atoms with Gasteiger partial charge in [0.1, 0.15) is 11.4 Å². The molecule has 0 aliphatic rings. The largest absolute Gasteiger partial charge is 0.514 e. The first-order valence-electron chi connectivity index (χ1n) is 10.9. The molecule has 0 aliphatic carbocycles. The second kappa shape index (κ2) is 10.7. The standard InChI is InChI=1S/C25H28N4O5/c1-5-26-23(31)27-19-10-6-8-17(14-19)16-29-22(30)13-12-21(28-29)18-9-7-11-20(15-18)33-24(32)34-25(2,3)4/h6-15H,5,16H2,1-4H3,(H2,26,27,31). The Hall–Kier alpha value is -4.14. The number of nitrogens with one attached hydrogen (secondary N) is 2. The molecule has 0 atom stereocenters. The lowest BCUT2D eigenvalue weighted by molar-refractivity contribution is 0.0206. The van der Waals surface area contributed by atoms with E-state index in [-0.39, 0.29) is 18.1 Å². The van der Waals surface area contributed by atoms with Crippen molar-refractivity contribution in [3.63, 3.8) is 0 Å². The highest BCUT2D eigenvalue weighted by Crippen LogP contribution is 2.23. The highest BCUT2D eigenvalue weighted by molar-refractivity contribution is 5.89. The highest BCUT2D eigenvalue weighted by atomic mass is 16.7. The summed E-state index contributed by atoms with van der Waals surface area (Å²) < 4.78 is 11.8. The van der Waals surface area contributed by atoms with Crippen molar-refractivity contribution >= 4 is 17.9 Å². The molecule has 0 bridgehead atoms. The van der Waals surface area contributed by atoms with Gasteiger partial charge in [-0.15, -0.1) is 0 Å². The summed E-state index contributed by atoms with van der Waals surface area (Å²) in [6.45, 7) is 7.82. The van der Waals surface area contributed by atoms with Gasteiger partial charge in [0.15, 0.2) is 0 Å². The molecule has 3 aromatic rings. The molecule has 2 aromatic carbocycles. The van der Waals surface area contributed by atoms with Crippen LogP contribution >= 0.6 is 0 Å². The maximum Gasteiger partial charge on any atom is 0.514 e. The van der Waals surface area contributed by atoms with Gasteiger partial charge >= 0.3 is 12.2 Å². The number of hydrogen-bond acceptors (Lipinski definition) is 6. The van der Waals surface area contributed by atoms with Crippen molar-refractivity contribution in [2.45, 2.75) is 39.8 Å². The van der Waals surface area contributed by atoms with Crippen LogP contribution in [0.2, 0.25) is 0 Å². The van der Waals surface area contributed by atoms with Crippen molar-refractivity contribution in [2.75, 3.05) is 11.9 Å². The molecule has 0 radical (unpaired) electrons. The minimum Gasteiger partial charge on any atom is -0.428 e. The smallest absolute Gasteiger partial charge is 0.428 e. The third-order valence-electron chi connectivity index (χ3n) is 4.44. The number of nitrogens with zero attached hydrogens (tertiary/aromatic N) is 2. The number of carbonyl (C=O) groups excluding carboxylic acids is 2. The molecule has 2 N–H and O–H groups in total. The lowest BCUT2D eigenvalue weighted by Crippen LogP contribution is -2.28. The van der Waals surface area contributed by atoms with Crippen LogP contribution in [0, 0.1) is 0 Å². The van der Waals surface area contributed by atoms with E-state index in [1.54, 1.807) is 69.3 Å². The lowest BCUT2D eigenvalue weighted by atomic mass is 10.1. The van der Waals surface area contributed by atoms with E-state index in [1.807, 2.05) is 13.0 Å². The molecule has 0 spiro atoms. The molecule has 1 heterocycles. The van der Waals surface area contributed by atoms with Crippen molar-refractivity contribution in [3.8, 4) is 17.0 Å². The van der Waals surface area contributed by atoms with Crippen molar-refractivity contribution in [1.82, 2.24) is 15.1 Å². The first kappa shape index (κ1) is 24.5. The molecular weight excluding hydrogens is 436 g/mol. The Balaban J connectivity index is 1.79. The molecule has 0 aliphatic heterocycles. The molecule has 3 rings (SSSR count). The fraction of sp³-hybridized carbons (Fsp3) is 0.280. The van der Waals surface area contributed by atoms with E-state index >= 15 is 0 Å². The summed E-state index contributed by atoms with van der Waals surface area (Å²) in [6, 6.07) is 16.7. The molecule has 0 saturated carbocycles. The summed E-state index contributed by atoms with van der Waals surface area (Å²) in [5, 5.41) is 9.89. The van der Waals surface area contributed by atoms with Crippen LogP contribution in [0.3, 0.4) is 0 Å². The van der Waals surface area contributed by atoms with Gasteiger partial charge < -0.3 is 20.1 Å². The van der Waals surface area contributed by atoms with Crippen LogP contribution < -0.4 is 20.9 Å². The second-order valence-electron chi connectivity index (χ2n) is 8.49. The van der Waals surface area contributed by atoms with E-state index in [9.17, 15) is 14.4 Å². The maximum atomic E-state index is 12.4. The molecule has 178 valence electrons. The van der Waals surface area contributed by atoms with E-state index in [4.69, 9.17) is 9.47 Å². The summed E-state index contributed by atoms with van der Waals surface area (Å²) in [7, 11) is 0. The Kier molecular flexibility index (Phi) is 7.68. The van der Waals surface area contributed by atoms with Gasteiger partial charge in [-0.2, -0.15) is 5.10 Å². The quantitative estimate of drug-likeness (QED) is 0.413.